The molecule has 0 saturated heterocycles. The van der Waals surface area contributed by atoms with Gasteiger partial charge < -0.3 is 14.6 Å². The van der Waals surface area contributed by atoms with Crippen molar-refractivity contribution in [1.82, 2.24) is 29.5 Å². The summed E-state index contributed by atoms with van der Waals surface area (Å²) in [6.45, 7) is 21.8. The molecule has 14 nitrogen and oxygen atoms in total. The summed E-state index contributed by atoms with van der Waals surface area (Å²) < 4.78 is 11.8. The Labute approximate surface area is 258 Å². The van der Waals surface area contributed by atoms with Crippen LogP contribution in [0.15, 0.2) is 61.2 Å². The molecule has 0 bridgehead atoms. The number of carbonyl (C=O) groups is 3. The van der Waals surface area contributed by atoms with E-state index >= 15 is 0 Å². The van der Waals surface area contributed by atoms with Gasteiger partial charge in [-0.25, -0.2) is 43.4 Å². The van der Waals surface area contributed by atoms with E-state index in [0.717, 1.165) is 28.8 Å². The molecule has 4 rings (SSSR count). The van der Waals surface area contributed by atoms with Crippen LogP contribution in [-0.4, -0.2) is 59.3 Å². The van der Waals surface area contributed by atoms with Gasteiger partial charge in [0.05, 0.1) is 19.8 Å². The average Bonchev–Trinajstić information content (AvgIpc) is 3.68. The van der Waals surface area contributed by atoms with E-state index in [4.69, 9.17) is 23.0 Å². The van der Waals surface area contributed by atoms with E-state index in [1.54, 1.807) is 24.3 Å². The molecule has 4 aromatic rings. The quantitative estimate of drug-likeness (QED) is 0.109. The molecule has 0 saturated carbocycles. The first kappa shape index (κ1) is 33.1. The zero-order chi connectivity index (χ0) is 32.9. The second kappa shape index (κ2) is 15.7. The van der Waals surface area contributed by atoms with E-state index in [1.807, 2.05) is 39.8 Å². The molecule has 45 heavy (non-hydrogen) atoms. The number of hydrogen-bond donors (Lipinski definition) is 1. The predicted octanol–water partition coefficient (Wildman–Crippen LogP) is 5.97. The van der Waals surface area contributed by atoms with Gasteiger partial charge in [0.1, 0.15) is 12.7 Å². The first-order valence-electron chi connectivity index (χ1n) is 13.2. The fraction of sp³-hybridized carbons (Fsp3) is 0.194. The van der Waals surface area contributed by atoms with E-state index in [-0.39, 0.29) is 12.5 Å². The highest BCUT2D eigenvalue weighted by molar-refractivity contribution is 5.91. The Bertz CT molecular complexity index is 1840. The Morgan fingerprint density at radius 3 is 1.78 bits per heavy atom. The van der Waals surface area contributed by atoms with Crippen LogP contribution >= 0.6 is 0 Å². The predicted molar refractivity (Wildman–Crippen MR) is 163 cm³/mol. The van der Waals surface area contributed by atoms with Crippen molar-refractivity contribution in [2.75, 3.05) is 6.61 Å². The molecular weight excluding hydrogens is 580 g/mol. The van der Waals surface area contributed by atoms with Gasteiger partial charge >= 0.3 is 18.1 Å². The number of rotatable bonds is 8. The molecule has 0 amide bonds. The van der Waals surface area contributed by atoms with Crippen LogP contribution in [-0.2, 0) is 19.1 Å². The third kappa shape index (κ3) is 10.7. The molecule has 228 valence electrons. The number of carbonyl (C=O) groups excluding carboxylic acids is 2. The van der Waals surface area contributed by atoms with Crippen LogP contribution in [0, 0.1) is 32.9 Å². The second-order valence-electron chi connectivity index (χ2n) is 9.78. The molecule has 0 unspecified atom stereocenters. The molecule has 2 heterocycles. The zero-order valence-corrected chi connectivity index (χ0v) is 24.8. The van der Waals surface area contributed by atoms with Crippen LogP contribution in [0.2, 0.25) is 0 Å². The monoisotopic (exact) mass is 608 g/mol. The smallest absolute Gasteiger partial charge is 0.478 e. The van der Waals surface area contributed by atoms with E-state index in [1.165, 1.54) is 34.4 Å². The third-order valence-corrected chi connectivity index (χ3v) is 5.37. The van der Waals surface area contributed by atoms with E-state index in [2.05, 4.69) is 34.6 Å². The molecular formula is C31H28N8O6. The Hall–Kier alpha value is -6.41. The third-order valence-electron chi connectivity index (χ3n) is 5.37. The summed E-state index contributed by atoms with van der Waals surface area (Å²) in [5.74, 6) is -0.923. The minimum absolute atomic E-state index is 0.145. The highest BCUT2D eigenvalue weighted by Gasteiger charge is 2.11. The highest BCUT2D eigenvalue weighted by Crippen LogP contribution is 2.24. The number of aryl methyl sites for hydroxylation is 2. The number of carboxylic acid groups (broad SMARTS) is 1. The number of hydrogen-bond acceptors (Lipinski definition) is 9. The summed E-state index contributed by atoms with van der Waals surface area (Å²) in [5.41, 5.74) is 4.31. The lowest BCUT2D eigenvalue weighted by Crippen LogP contribution is -2.14. The van der Waals surface area contributed by atoms with Crippen LogP contribution in [0.25, 0.3) is 44.9 Å². The van der Waals surface area contributed by atoms with Gasteiger partial charge in [0.25, 0.3) is 0 Å². The molecule has 0 fully saturated rings. The van der Waals surface area contributed by atoms with E-state index in [9.17, 15) is 14.4 Å². The van der Waals surface area contributed by atoms with Crippen LogP contribution in [0.5, 0.6) is 0 Å². The molecule has 0 aliphatic heterocycles. The fourth-order valence-electron chi connectivity index (χ4n) is 3.53. The van der Waals surface area contributed by atoms with Crippen molar-refractivity contribution in [3.63, 3.8) is 0 Å². The average molecular weight is 609 g/mol. The zero-order valence-electron chi connectivity index (χ0n) is 24.8. The lowest BCUT2D eigenvalue weighted by molar-refractivity contribution is -0.134. The van der Waals surface area contributed by atoms with Crippen molar-refractivity contribution in [1.29, 1.82) is 0 Å². The SMILES string of the molecule is [C-]#[N+]c1cc(C)cc(-c2ncn(/C=C\C(=O)O)n2)c1.[C-]#[N+]c1cc(C)cc(-c2ncn(/C=C\C(=O)OC(=O)OCC(C)C)n2)c1. The number of carboxylic acids is 1. The Morgan fingerprint density at radius 1 is 0.844 bits per heavy atom. The number of esters is 1. The van der Waals surface area contributed by atoms with Gasteiger partial charge in [0.15, 0.2) is 23.0 Å². The summed E-state index contributed by atoms with van der Waals surface area (Å²) in [5, 5.41) is 16.8. The fourth-order valence-corrected chi connectivity index (χ4v) is 3.53. The number of ether oxygens (including phenoxy) is 2. The van der Waals surface area contributed by atoms with Gasteiger partial charge in [-0.2, -0.15) is 0 Å². The Kier molecular flexibility index (Phi) is 11.6. The van der Waals surface area contributed by atoms with Crippen LogP contribution in [0.4, 0.5) is 16.2 Å². The first-order valence-corrected chi connectivity index (χ1v) is 13.2. The van der Waals surface area contributed by atoms with Crippen LogP contribution in [0.1, 0.15) is 25.0 Å². The van der Waals surface area contributed by atoms with Crippen molar-refractivity contribution in [3.05, 3.63) is 95.2 Å². The minimum atomic E-state index is -1.05. The number of nitrogens with zero attached hydrogens (tertiary/aromatic N) is 8. The van der Waals surface area contributed by atoms with Crippen molar-refractivity contribution < 1.29 is 29.0 Å². The van der Waals surface area contributed by atoms with E-state index < -0.39 is 18.1 Å². The van der Waals surface area contributed by atoms with Gasteiger partial charge in [-0.05, 0) is 31.9 Å². The van der Waals surface area contributed by atoms with Crippen molar-refractivity contribution in [2.24, 2.45) is 5.92 Å². The second-order valence-corrected chi connectivity index (χ2v) is 9.78. The summed E-state index contributed by atoms with van der Waals surface area (Å²) in [7, 11) is 0. The Morgan fingerprint density at radius 2 is 1.33 bits per heavy atom. The Balaban J connectivity index is 0.000000257. The maximum absolute atomic E-state index is 11.6. The summed E-state index contributed by atoms with van der Waals surface area (Å²) >= 11 is 0. The van der Waals surface area contributed by atoms with Gasteiger partial charge in [0, 0.05) is 35.7 Å². The van der Waals surface area contributed by atoms with Crippen molar-refractivity contribution in [3.8, 4) is 22.8 Å². The molecule has 14 heteroatoms. The summed E-state index contributed by atoms with van der Waals surface area (Å²) in [6, 6.07) is 10.6. The molecule has 2 aromatic carbocycles. The topological polar surface area (TPSA) is 160 Å². The first-order chi connectivity index (χ1) is 21.4. The molecule has 1 N–H and O–H groups in total. The number of aliphatic carboxylic acids is 1. The van der Waals surface area contributed by atoms with Crippen LogP contribution < -0.4 is 0 Å². The van der Waals surface area contributed by atoms with Crippen molar-refractivity contribution in [2.45, 2.75) is 27.7 Å². The van der Waals surface area contributed by atoms with Gasteiger partial charge in [-0.1, -0.05) is 49.2 Å². The lowest BCUT2D eigenvalue weighted by atomic mass is 10.1. The highest BCUT2D eigenvalue weighted by atomic mass is 16.7. The molecule has 0 spiro atoms. The molecule has 0 aliphatic carbocycles. The summed E-state index contributed by atoms with van der Waals surface area (Å²) in [4.78, 5) is 48.3. The van der Waals surface area contributed by atoms with Gasteiger partial charge in [-0.15, -0.1) is 10.2 Å². The molecule has 0 aliphatic rings. The normalized spacial score (nSPS) is 10.6. The minimum Gasteiger partial charge on any atom is -0.478 e. The number of aromatic nitrogens is 6. The van der Waals surface area contributed by atoms with Crippen molar-refractivity contribution >= 4 is 41.9 Å². The maximum Gasteiger partial charge on any atom is 0.516 e. The molecule has 2 aromatic heterocycles. The molecule has 0 radical (unpaired) electrons. The largest absolute Gasteiger partial charge is 0.516 e. The van der Waals surface area contributed by atoms with Crippen LogP contribution in [0.3, 0.4) is 0 Å². The van der Waals surface area contributed by atoms with E-state index in [0.29, 0.717) is 28.6 Å². The summed E-state index contributed by atoms with van der Waals surface area (Å²) in [6.07, 6.45) is 6.38. The van der Waals surface area contributed by atoms with Gasteiger partial charge in [0.2, 0.25) is 0 Å². The lowest BCUT2D eigenvalue weighted by Gasteiger charge is -2.05. The molecule has 0 atom stereocenters. The standard InChI is InChI=1S/C18H18N4O4.C13H10N4O2/c1-12(2)10-25-18(24)26-16(23)5-6-22-11-20-17(21-22)14-7-13(3)8-15(9-14)19-4;1-9-5-10(7-11(6-9)14-2)13-15-8-17(16-13)4-3-12(18)19/h5-9,11-12H,10H2,1-3H3;3-8H,1H3,(H,18,19)/b6-5-;4-3-. The maximum atomic E-state index is 11.6. The number of benzene rings is 2. The van der Waals surface area contributed by atoms with Gasteiger partial charge in [-0.3, -0.25) is 0 Å².